The molecule has 0 fully saturated rings. The Hall–Kier alpha value is 0.543. The van der Waals surface area contributed by atoms with Crippen molar-refractivity contribution < 1.29 is 0 Å². The summed E-state index contributed by atoms with van der Waals surface area (Å²) in [5.74, 6) is 7.00. The number of hydrogen-bond acceptors (Lipinski definition) is 0. The van der Waals surface area contributed by atoms with Crippen molar-refractivity contribution in [3.63, 3.8) is 0 Å². The molecule has 0 aromatic heterocycles. The van der Waals surface area contributed by atoms with Crippen LogP contribution >= 0.6 is 0 Å². The summed E-state index contributed by atoms with van der Waals surface area (Å²) >= 11 is -0.333. The third-order valence-electron chi connectivity index (χ3n) is 0. The summed E-state index contributed by atoms with van der Waals surface area (Å²) in [7, 11) is 0. The van der Waals surface area contributed by atoms with Crippen molar-refractivity contribution in [2.75, 3.05) is 0 Å². The van der Waals surface area contributed by atoms with E-state index in [-0.39, 0.29) is 14.3 Å². The van der Waals surface area contributed by atoms with Gasteiger partial charge in [-0.15, -0.1) is 0 Å². The van der Waals surface area contributed by atoms with Crippen LogP contribution in [0.2, 0.25) is 17.3 Å². The summed E-state index contributed by atoms with van der Waals surface area (Å²) in [4.78, 5) is 0. The van der Waals surface area contributed by atoms with E-state index < -0.39 is 0 Å². The molecule has 0 rings (SSSR count). The van der Waals surface area contributed by atoms with Gasteiger partial charge in [-0.1, -0.05) is 0 Å². The Morgan fingerprint density at radius 2 is 1.00 bits per heavy atom. The first-order chi connectivity index (χ1) is 1.73. The second-order valence-electron chi connectivity index (χ2n) is 1.50. The molecule has 1 heteroatoms. The molecule has 0 unspecified atom stereocenters. The molecular weight excluding hydrogens is 109 g/mol. The molecule has 0 aliphatic rings. The fourth-order valence-corrected chi connectivity index (χ4v) is 0. The van der Waals surface area contributed by atoms with Gasteiger partial charge < -0.3 is 0 Å². The van der Waals surface area contributed by atoms with E-state index in [1.165, 1.54) is 0 Å². The van der Waals surface area contributed by atoms with Gasteiger partial charge in [0.05, 0.1) is 0 Å². The van der Waals surface area contributed by atoms with E-state index in [2.05, 4.69) is 17.3 Å². The maximum absolute atomic E-state index is 2.33. The normalized spacial score (nSPS) is 9.00. The Labute approximate surface area is 32.3 Å². The van der Waals surface area contributed by atoms with Gasteiger partial charge in [0, 0.05) is 0 Å². The first-order valence-corrected chi connectivity index (χ1v) is 7.79. The van der Waals surface area contributed by atoms with Crippen LogP contribution in [0.3, 0.4) is 0 Å². The molecule has 0 N–H and O–H groups in total. The predicted octanol–water partition coefficient (Wildman–Crippen LogP) is 1.37. The summed E-state index contributed by atoms with van der Waals surface area (Å²) in [5.41, 5.74) is 0. The van der Waals surface area contributed by atoms with Crippen molar-refractivity contribution in [2.24, 2.45) is 0 Å². The second kappa shape index (κ2) is 1.83. The van der Waals surface area contributed by atoms with Gasteiger partial charge in [0.1, 0.15) is 0 Å². The van der Waals surface area contributed by atoms with Crippen LogP contribution in [-0.4, -0.2) is 14.3 Å². The fourth-order valence-electron chi connectivity index (χ4n) is 0. The summed E-state index contributed by atoms with van der Waals surface area (Å²) in [6.07, 6.45) is 0. The Morgan fingerprint density at radius 3 is 1.00 bits per heavy atom. The van der Waals surface area contributed by atoms with E-state index >= 15 is 0 Å². The van der Waals surface area contributed by atoms with Gasteiger partial charge in [-0.2, -0.15) is 0 Å². The van der Waals surface area contributed by atoms with E-state index in [0.29, 0.717) is 0 Å². The Balaban J connectivity index is 2.32. The Morgan fingerprint density at radius 1 is 1.00 bits per heavy atom. The van der Waals surface area contributed by atoms with E-state index in [4.69, 9.17) is 0 Å². The van der Waals surface area contributed by atoms with Crippen LogP contribution in [0.1, 0.15) is 0 Å². The molecule has 0 aliphatic carbocycles. The molecule has 0 nitrogen and oxygen atoms in total. The molecule has 0 aromatic rings. The molecule has 0 saturated carbocycles. The monoisotopic (exact) mass is 119 g/mol. The topological polar surface area (TPSA) is 0 Å². The molecule has 0 spiro atoms. The molecule has 0 aromatic carbocycles. The van der Waals surface area contributed by atoms with Gasteiger partial charge in [-0.05, 0) is 0 Å². The van der Waals surface area contributed by atoms with Crippen molar-refractivity contribution in [1.29, 1.82) is 0 Å². The molecule has 4 heavy (non-hydrogen) atoms. The number of rotatable bonds is 0. The molecule has 1 radical (unpaired) electrons. The summed E-state index contributed by atoms with van der Waals surface area (Å²) in [6, 6.07) is 0. The van der Waals surface area contributed by atoms with Crippen LogP contribution in [0.15, 0.2) is 0 Å². The Kier molecular flexibility index (Phi) is 2.07. The molecular formula is C3H9Ge. The van der Waals surface area contributed by atoms with Gasteiger partial charge >= 0.3 is 31.6 Å². The third kappa shape index (κ3) is 20.5. The van der Waals surface area contributed by atoms with Gasteiger partial charge in [-0.3, -0.25) is 0 Å². The first-order valence-electron chi connectivity index (χ1n) is 1.50. The molecule has 0 aliphatic heterocycles. The van der Waals surface area contributed by atoms with Crippen LogP contribution < -0.4 is 0 Å². The molecule has 0 saturated heterocycles. The van der Waals surface area contributed by atoms with E-state index in [1.54, 1.807) is 0 Å². The van der Waals surface area contributed by atoms with Crippen LogP contribution in [0, 0.1) is 0 Å². The zero-order valence-electron chi connectivity index (χ0n) is 3.50. The van der Waals surface area contributed by atoms with Crippen molar-refractivity contribution in [2.45, 2.75) is 17.3 Å². The van der Waals surface area contributed by atoms with Gasteiger partial charge in [-0.25, -0.2) is 0 Å². The zero-order valence-corrected chi connectivity index (χ0v) is 5.60. The van der Waals surface area contributed by atoms with Gasteiger partial charge in [0.25, 0.3) is 0 Å². The first kappa shape index (κ1) is 4.54. The van der Waals surface area contributed by atoms with Crippen LogP contribution in [-0.2, 0) is 0 Å². The molecule has 0 atom stereocenters. The van der Waals surface area contributed by atoms with Crippen LogP contribution in [0.25, 0.3) is 0 Å². The van der Waals surface area contributed by atoms with Crippen molar-refractivity contribution >= 4 is 14.3 Å². The van der Waals surface area contributed by atoms with E-state index in [0.717, 1.165) is 0 Å². The number of hydrogen-bond donors (Lipinski definition) is 0. The SMILES string of the molecule is [CH3][Ge]([CH3])[CH3]. The maximum atomic E-state index is 2.33. The summed E-state index contributed by atoms with van der Waals surface area (Å²) in [5, 5.41) is 0. The fraction of sp³-hybridized carbons (Fsp3) is 1.00. The molecule has 25 valence electrons. The van der Waals surface area contributed by atoms with Crippen LogP contribution in [0.4, 0.5) is 0 Å². The van der Waals surface area contributed by atoms with Crippen molar-refractivity contribution in [3.05, 3.63) is 0 Å². The average Bonchev–Trinajstić information content (AvgIpc) is 0.811. The quantitative estimate of drug-likeness (QED) is 0.421. The van der Waals surface area contributed by atoms with Gasteiger partial charge in [0.15, 0.2) is 0 Å². The van der Waals surface area contributed by atoms with Crippen molar-refractivity contribution in [3.8, 4) is 0 Å². The molecule has 0 bridgehead atoms. The zero-order chi connectivity index (χ0) is 3.58. The van der Waals surface area contributed by atoms with Gasteiger partial charge in [0.2, 0.25) is 0 Å². The summed E-state index contributed by atoms with van der Waals surface area (Å²) < 4.78 is 0. The van der Waals surface area contributed by atoms with E-state index in [1.807, 2.05) is 0 Å². The minimum absolute atomic E-state index is 0.333. The second-order valence-corrected chi connectivity index (χ2v) is 7.79. The third-order valence-corrected chi connectivity index (χ3v) is 0. The molecule has 0 heterocycles. The average molecular weight is 118 g/mol. The minimum atomic E-state index is -0.333. The predicted molar refractivity (Wildman–Crippen MR) is 23.3 cm³/mol. The Bertz CT molecular complexity index is 8.00. The van der Waals surface area contributed by atoms with Crippen molar-refractivity contribution in [1.82, 2.24) is 0 Å². The van der Waals surface area contributed by atoms with Crippen LogP contribution in [0.5, 0.6) is 0 Å². The summed E-state index contributed by atoms with van der Waals surface area (Å²) in [6.45, 7) is 0. The molecule has 0 amide bonds. The van der Waals surface area contributed by atoms with E-state index in [9.17, 15) is 0 Å². The standard InChI is InChI=1S/C3H9Ge/c1-4(2)3/h1-3H3.